The van der Waals surface area contributed by atoms with Crippen LogP contribution in [0.4, 0.5) is 16.6 Å². The molecule has 0 unspecified atom stereocenters. The van der Waals surface area contributed by atoms with Crippen molar-refractivity contribution in [3.05, 3.63) is 47.7 Å². The van der Waals surface area contributed by atoms with Crippen LogP contribution in [0.15, 0.2) is 42.7 Å². The zero-order chi connectivity index (χ0) is 17.8. The van der Waals surface area contributed by atoms with Crippen molar-refractivity contribution in [2.75, 3.05) is 5.32 Å². The molecule has 3 aromatic rings. The van der Waals surface area contributed by atoms with Gasteiger partial charge in [0.1, 0.15) is 22.3 Å². The maximum atomic E-state index is 10.7. The van der Waals surface area contributed by atoms with Crippen molar-refractivity contribution in [1.29, 1.82) is 0 Å². The lowest BCUT2D eigenvalue weighted by molar-refractivity contribution is 0.211. The Hall–Kier alpha value is -3.33. The maximum Gasteiger partial charge on any atom is 0.409 e. The molecule has 0 saturated heterocycles. The van der Waals surface area contributed by atoms with E-state index in [9.17, 15) is 4.79 Å². The van der Waals surface area contributed by atoms with Crippen LogP contribution >= 0.6 is 11.6 Å². The second kappa shape index (κ2) is 7.05. The van der Waals surface area contributed by atoms with Crippen molar-refractivity contribution in [1.82, 2.24) is 19.7 Å². The molecule has 3 N–H and O–H groups in total. The molecular formula is C15H13ClN6O3. The van der Waals surface area contributed by atoms with Gasteiger partial charge in [0, 0.05) is 13.1 Å². The number of anilines is 2. The first-order valence-corrected chi connectivity index (χ1v) is 7.42. The number of amides is 1. The first-order chi connectivity index (χ1) is 12.0. The molecule has 10 heteroatoms. The third kappa shape index (κ3) is 4.15. The highest BCUT2D eigenvalue weighted by atomic mass is 35.5. The fraction of sp³-hybridized carbons (Fsp3) is 0.0667. The Morgan fingerprint density at radius 1 is 1.24 bits per heavy atom. The van der Waals surface area contributed by atoms with E-state index in [2.05, 4.69) is 20.4 Å². The zero-order valence-corrected chi connectivity index (χ0v) is 13.8. The summed E-state index contributed by atoms with van der Waals surface area (Å²) in [7, 11) is 1.78. The number of aryl methyl sites for hydroxylation is 1. The minimum Gasteiger partial charge on any atom is -0.437 e. The van der Waals surface area contributed by atoms with Gasteiger partial charge in [-0.25, -0.2) is 9.78 Å². The standard InChI is InChI=1S/C15H13ClN6O3/c1-22-12(6-7-19-22)20-15-18-8-11(16)13(21-15)24-9-2-4-10(5-3-9)25-14(17)23/h2-8H,1H3,(H2,17,23)(H,18,20,21). The highest BCUT2D eigenvalue weighted by Gasteiger charge is 2.10. The van der Waals surface area contributed by atoms with Gasteiger partial charge in [0.05, 0.1) is 12.4 Å². The predicted molar refractivity (Wildman–Crippen MR) is 90.3 cm³/mol. The van der Waals surface area contributed by atoms with E-state index in [-0.39, 0.29) is 10.9 Å². The van der Waals surface area contributed by atoms with Crippen molar-refractivity contribution in [2.24, 2.45) is 12.8 Å². The molecule has 1 aromatic carbocycles. The fourth-order valence-electron chi connectivity index (χ4n) is 1.90. The summed E-state index contributed by atoms with van der Waals surface area (Å²) in [6.07, 6.45) is 2.18. The van der Waals surface area contributed by atoms with E-state index < -0.39 is 6.09 Å². The second-order valence-electron chi connectivity index (χ2n) is 4.81. The molecule has 0 bridgehead atoms. The number of halogens is 1. The first kappa shape index (κ1) is 16.5. The summed E-state index contributed by atoms with van der Waals surface area (Å²) >= 11 is 6.08. The number of carbonyl (C=O) groups is 1. The summed E-state index contributed by atoms with van der Waals surface area (Å²) in [6, 6.07) is 8.01. The normalized spacial score (nSPS) is 10.3. The van der Waals surface area contributed by atoms with Crippen molar-refractivity contribution >= 4 is 29.5 Å². The topological polar surface area (TPSA) is 117 Å². The third-order valence-corrected chi connectivity index (χ3v) is 3.29. The van der Waals surface area contributed by atoms with Crippen LogP contribution < -0.4 is 20.5 Å². The molecule has 25 heavy (non-hydrogen) atoms. The van der Waals surface area contributed by atoms with Gasteiger partial charge in [-0.05, 0) is 24.3 Å². The van der Waals surface area contributed by atoms with E-state index in [1.807, 2.05) is 0 Å². The molecule has 0 aliphatic rings. The molecular weight excluding hydrogens is 348 g/mol. The molecule has 0 saturated carbocycles. The Morgan fingerprint density at radius 2 is 1.96 bits per heavy atom. The third-order valence-electron chi connectivity index (χ3n) is 3.03. The van der Waals surface area contributed by atoms with Crippen molar-refractivity contribution < 1.29 is 14.3 Å². The van der Waals surface area contributed by atoms with Crippen LogP contribution in [0.1, 0.15) is 0 Å². The molecule has 2 heterocycles. The molecule has 0 aliphatic carbocycles. The highest BCUT2D eigenvalue weighted by molar-refractivity contribution is 6.31. The van der Waals surface area contributed by atoms with Gasteiger partial charge < -0.3 is 20.5 Å². The smallest absolute Gasteiger partial charge is 0.409 e. The molecule has 3 rings (SSSR count). The summed E-state index contributed by atoms with van der Waals surface area (Å²) in [5, 5.41) is 7.29. The largest absolute Gasteiger partial charge is 0.437 e. The first-order valence-electron chi connectivity index (χ1n) is 7.04. The molecule has 0 aliphatic heterocycles. The van der Waals surface area contributed by atoms with Gasteiger partial charge in [0.25, 0.3) is 0 Å². The van der Waals surface area contributed by atoms with Gasteiger partial charge in [-0.3, -0.25) is 4.68 Å². The zero-order valence-electron chi connectivity index (χ0n) is 13.0. The lowest BCUT2D eigenvalue weighted by atomic mass is 10.3. The average Bonchev–Trinajstić information content (AvgIpc) is 2.97. The molecule has 0 spiro atoms. The van der Waals surface area contributed by atoms with E-state index in [0.29, 0.717) is 23.3 Å². The number of nitrogens with zero attached hydrogens (tertiary/aromatic N) is 4. The number of nitrogens with two attached hydrogens (primary N) is 1. The van der Waals surface area contributed by atoms with Crippen molar-refractivity contribution in [3.63, 3.8) is 0 Å². The summed E-state index contributed by atoms with van der Waals surface area (Å²) in [5.74, 6) is 1.93. The van der Waals surface area contributed by atoms with Crippen molar-refractivity contribution in [3.8, 4) is 17.4 Å². The number of benzene rings is 1. The van der Waals surface area contributed by atoms with E-state index in [4.69, 9.17) is 26.8 Å². The molecule has 1 amide bonds. The SMILES string of the molecule is Cn1nccc1Nc1ncc(Cl)c(Oc2ccc(OC(N)=O)cc2)n1. The van der Waals surface area contributed by atoms with Gasteiger partial charge in [-0.1, -0.05) is 11.6 Å². The van der Waals surface area contributed by atoms with Crippen LogP contribution in [0.2, 0.25) is 5.02 Å². The van der Waals surface area contributed by atoms with Gasteiger partial charge >= 0.3 is 6.09 Å². The predicted octanol–water partition coefficient (Wildman–Crippen LogP) is 2.86. The number of primary amides is 1. The van der Waals surface area contributed by atoms with Gasteiger partial charge in [-0.15, -0.1) is 0 Å². The minimum absolute atomic E-state index is 0.171. The van der Waals surface area contributed by atoms with Crippen molar-refractivity contribution in [2.45, 2.75) is 0 Å². The van der Waals surface area contributed by atoms with Crippen LogP contribution in [0.3, 0.4) is 0 Å². The number of carbonyl (C=O) groups excluding carboxylic acids is 1. The van der Waals surface area contributed by atoms with E-state index >= 15 is 0 Å². The van der Waals surface area contributed by atoms with Crippen LogP contribution in [0.5, 0.6) is 17.4 Å². The van der Waals surface area contributed by atoms with Crippen LogP contribution in [0.25, 0.3) is 0 Å². The van der Waals surface area contributed by atoms with Crippen LogP contribution in [0, 0.1) is 0 Å². The molecule has 128 valence electrons. The lowest BCUT2D eigenvalue weighted by Crippen LogP contribution is -2.16. The van der Waals surface area contributed by atoms with Crippen LogP contribution in [-0.2, 0) is 7.05 Å². The average molecular weight is 361 g/mol. The van der Waals surface area contributed by atoms with Crippen LogP contribution in [-0.4, -0.2) is 25.8 Å². The summed E-state index contributed by atoms with van der Waals surface area (Å²) < 4.78 is 12.0. The Balaban J connectivity index is 1.76. The minimum atomic E-state index is -0.890. The summed E-state index contributed by atoms with van der Waals surface area (Å²) in [4.78, 5) is 19.0. The molecule has 2 aromatic heterocycles. The number of ether oxygens (including phenoxy) is 2. The van der Waals surface area contributed by atoms with E-state index in [0.717, 1.165) is 0 Å². The lowest BCUT2D eigenvalue weighted by Gasteiger charge is -2.09. The Morgan fingerprint density at radius 3 is 2.60 bits per heavy atom. The van der Waals surface area contributed by atoms with E-state index in [1.165, 1.54) is 18.3 Å². The maximum absolute atomic E-state index is 10.7. The second-order valence-corrected chi connectivity index (χ2v) is 5.21. The molecule has 0 fully saturated rings. The molecule has 9 nitrogen and oxygen atoms in total. The fourth-order valence-corrected chi connectivity index (χ4v) is 2.03. The number of aromatic nitrogens is 4. The molecule has 0 atom stereocenters. The van der Waals surface area contributed by atoms with Gasteiger partial charge in [0.15, 0.2) is 0 Å². The Bertz CT molecular complexity index is 897. The Labute approximate surface area is 147 Å². The summed E-state index contributed by atoms with van der Waals surface area (Å²) in [5.41, 5.74) is 4.95. The number of hydrogen-bond acceptors (Lipinski definition) is 7. The van der Waals surface area contributed by atoms with Gasteiger partial charge in [-0.2, -0.15) is 10.1 Å². The number of hydrogen-bond donors (Lipinski definition) is 2. The summed E-state index contributed by atoms with van der Waals surface area (Å²) in [6.45, 7) is 0. The Kier molecular flexibility index (Phi) is 4.66. The number of nitrogens with one attached hydrogen (secondary N) is 1. The molecule has 0 radical (unpaired) electrons. The quantitative estimate of drug-likeness (QED) is 0.718. The number of rotatable bonds is 5. The van der Waals surface area contributed by atoms with Gasteiger partial charge in [0.2, 0.25) is 11.8 Å². The van der Waals surface area contributed by atoms with E-state index in [1.54, 1.807) is 36.1 Å². The highest BCUT2D eigenvalue weighted by Crippen LogP contribution is 2.29. The monoisotopic (exact) mass is 360 g/mol.